The maximum absolute atomic E-state index is 10.4. The smallest absolute Gasteiger partial charge is 0.244 e. The SMILES string of the molecule is COc1cc(OC)c(C2OC3(c4ccccc4)OC(=N)C(C#N)(C3C)C2(C#N)C#N)cc1OC. The van der Waals surface area contributed by atoms with Gasteiger partial charge < -0.3 is 23.7 Å². The molecular formula is C25H22N4O5. The highest BCUT2D eigenvalue weighted by atomic mass is 16.7. The number of ether oxygens (including phenoxy) is 5. The van der Waals surface area contributed by atoms with Crippen LogP contribution in [-0.4, -0.2) is 27.2 Å². The molecule has 2 bridgehead atoms. The highest BCUT2D eigenvalue weighted by Gasteiger charge is 2.80. The third-order valence-electron chi connectivity index (χ3n) is 6.86. The van der Waals surface area contributed by atoms with Crippen molar-refractivity contribution in [3.8, 4) is 35.5 Å². The van der Waals surface area contributed by atoms with Crippen molar-refractivity contribution in [2.75, 3.05) is 21.3 Å². The summed E-state index contributed by atoms with van der Waals surface area (Å²) < 4.78 is 28.9. The van der Waals surface area contributed by atoms with Gasteiger partial charge in [0.1, 0.15) is 11.9 Å². The zero-order valence-electron chi connectivity index (χ0n) is 19.1. The van der Waals surface area contributed by atoms with Crippen molar-refractivity contribution in [3.63, 3.8) is 0 Å². The van der Waals surface area contributed by atoms with Gasteiger partial charge in [0.15, 0.2) is 16.9 Å². The molecule has 0 saturated carbocycles. The van der Waals surface area contributed by atoms with Gasteiger partial charge in [-0.25, -0.2) is 0 Å². The van der Waals surface area contributed by atoms with Crippen molar-refractivity contribution in [2.24, 2.45) is 16.7 Å². The topological polar surface area (TPSA) is 141 Å². The van der Waals surface area contributed by atoms with Crippen LogP contribution < -0.4 is 14.2 Å². The Balaban J connectivity index is 2.08. The van der Waals surface area contributed by atoms with E-state index >= 15 is 0 Å². The van der Waals surface area contributed by atoms with Crippen molar-refractivity contribution in [2.45, 2.75) is 18.8 Å². The van der Waals surface area contributed by atoms with Gasteiger partial charge >= 0.3 is 0 Å². The highest BCUT2D eigenvalue weighted by Crippen LogP contribution is 2.69. The highest BCUT2D eigenvalue weighted by molar-refractivity contribution is 5.89. The third-order valence-corrected chi connectivity index (χ3v) is 6.86. The number of rotatable bonds is 5. The summed E-state index contributed by atoms with van der Waals surface area (Å²) in [5.74, 6) is -2.00. The molecule has 0 amide bonds. The van der Waals surface area contributed by atoms with E-state index < -0.39 is 34.5 Å². The van der Waals surface area contributed by atoms with Crippen LogP contribution in [0.25, 0.3) is 0 Å². The number of benzene rings is 2. The largest absolute Gasteiger partial charge is 0.496 e. The van der Waals surface area contributed by atoms with E-state index in [1.165, 1.54) is 21.3 Å². The first-order valence-corrected chi connectivity index (χ1v) is 10.4. The van der Waals surface area contributed by atoms with Crippen LogP contribution in [0.2, 0.25) is 0 Å². The third kappa shape index (κ3) is 2.58. The molecule has 2 heterocycles. The lowest BCUT2D eigenvalue weighted by Gasteiger charge is -2.49. The van der Waals surface area contributed by atoms with Gasteiger partial charge in [-0.3, -0.25) is 5.41 Å². The molecular weight excluding hydrogens is 436 g/mol. The molecule has 2 aromatic rings. The van der Waals surface area contributed by atoms with Crippen molar-refractivity contribution in [3.05, 3.63) is 53.6 Å². The minimum Gasteiger partial charge on any atom is -0.496 e. The Morgan fingerprint density at radius 3 is 2.00 bits per heavy atom. The van der Waals surface area contributed by atoms with Gasteiger partial charge in [-0.2, -0.15) is 15.8 Å². The molecule has 1 N–H and O–H groups in total. The molecule has 34 heavy (non-hydrogen) atoms. The van der Waals surface area contributed by atoms with E-state index in [-0.39, 0.29) is 11.3 Å². The molecule has 0 aromatic heterocycles. The average molecular weight is 458 g/mol. The second-order valence-electron chi connectivity index (χ2n) is 8.08. The summed E-state index contributed by atoms with van der Waals surface area (Å²) in [5, 5.41) is 40.0. The van der Waals surface area contributed by atoms with E-state index in [0.717, 1.165) is 0 Å². The number of methoxy groups -OCH3 is 3. The lowest BCUT2D eigenvalue weighted by Crippen LogP contribution is -2.57. The Morgan fingerprint density at radius 2 is 1.47 bits per heavy atom. The van der Waals surface area contributed by atoms with Crippen LogP contribution in [0.3, 0.4) is 0 Å². The predicted octanol–water partition coefficient (Wildman–Crippen LogP) is 3.82. The maximum atomic E-state index is 10.4. The Labute approximate surface area is 197 Å². The van der Waals surface area contributed by atoms with E-state index in [0.29, 0.717) is 17.1 Å². The number of hydrogen-bond donors (Lipinski definition) is 1. The van der Waals surface area contributed by atoms with Gasteiger partial charge in [0.2, 0.25) is 17.1 Å². The Bertz CT molecular complexity index is 1260. The van der Waals surface area contributed by atoms with Crippen LogP contribution in [0.5, 0.6) is 17.2 Å². The summed E-state index contributed by atoms with van der Waals surface area (Å²) in [6.45, 7) is 1.66. The van der Waals surface area contributed by atoms with Gasteiger partial charge in [0.05, 0.1) is 45.5 Å². The van der Waals surface area contributed by atoms with E-state index in [2.05, 4.69) is 6.07 Å². The number of nitrogens with one attached hydrogen (secondary N) is 1. The van der Waals surface area contributed by atoms with Crippen LogP contribution in [0, 0.1) is 56.2 Å². The zero-order chi connectivity index (χ0) is 24.7. The van der Waals surface area contributed by atoms with Crippen LogP contribution in [0.1, 0.15) is 24.2 Å². The molecule has 2 aliphatic rings. The summed E-state index contributed by atoms with van der Waals surface area (Å²) in [5.41, 5.74) is -3.22. The number of nitriles is 3. The second kappa shape index (κ2) is 7.95. The minimum absolute atomic E-state index is 0.259. The van der Waals surface area contributed by atoms with Gasteiger partial charge in [0, 0.05) is 17.2 Å². The molecule has 2 saturated heterocycles. The minimum atomic E-state index is -2.14. The molecule has 172 valence electrons. The Morgan fingerprint density at radius 1 is 0.882 bits per heavy atom. The quantitative estimate of drug-likeness (QED) is 0.713. The van der Waals surface area contributed by atoms with E-state index in [9.17, 15) is 15.8 Å². The van der Waals surface area contributed by atoms with Crippen LogP contribution in [-0.2, 0) is 15.3 Å². The molecule has 0 spiro atoms. The zero-order valence-corrected chi connectivity index (χ0v) is 19.1. The number of nitrogens with zero attached hydrogens (tertiary/aromatic N) is 3. The molecule has 9 nitrogen and oxygen atoms in total. The first-order chi connectivity index (χ1) is 16.3. The summed E-state index contributed by atoms with van der Waals surface area (Å²) in [6, 6.07) is 18.2. The molecule has 0 aliphatic carbocycles. The summed E-state index contributed by atoms with van der Waals surface area (Å²) in [4.78, 5) is 0. The van der Waals surface area contributed by atoms with E-state index in [1.54, 1.807) is 43.3 Å². The second-order valence-corrected chi connectivity index (χ2v) is 8.08. The van der Waals surface area contributed by atoms with E-state index in [4.69, 9.17) is 29.1 Å². The first-order valence-electron chi connectivity index (χ1n) is 10.4. The van der Waals surface area contributed by atoms with Gasteiger partial charge in [0.25, 0.3) is 0 Å². The van der Waals surface area contributed by atoms with Gasteiger partial charge in [-0.1, -0.05) is 37.3 Å². The lowest BCUT2D eigenvalue weighted by atomic mass is 9.53. The predicted molar refractivity (Wildman–Crippen MR) is 118 cm³/mol. The standard InChI is InChI=1S/C25H22N4O5/c1-15-24(14-28)22(29)34-25(15,16-8-6-5-7-9-16)33-21(23(24,12-26)13-27)17-10-19(31-3)20(32-4)11-18(17)30-2/h5-11,15,21,29H,1-4H3. The van der Waals surface area contributed by atoms with Crippen LogP contribution >= 0.6 is 0 Å². The van der Waals surface area contributed by atoms with Crippen molar-refractivity contribution < 1.29 is 23.7 Å². The molecule has 2 fully saturated rings. The van der Waals surface area contributed by atoms with Crippen LogP contribution in [0.15, 0.2) is 42.5 Å². The van der Waals surface area contributed by atoms with Crippen molar-refractivity contribution in [1.29, 1.82) is 21.2 Å². The number of fused-ring (bicyclic) bond motifs is 2. The van der Waals surface area contributed by atoms with Crippen molar-refractivity contribution in [1.82, 2.24) is 0 Å². The van der Waals surface area contributed by atoms with E-state index in [1.807, 2.05) is 18.2 Å². The molecule has 2 aliphatic heterocycles. The van der Waals surface area contributed by atoms with Crippen LogP contribution in [0.4, 0.5) is 0 Å². The summed E-state index contributed by atoms with van der Waals surface area (Å²) in [7, 11) is 4.34. The normalized spacial score (nSPS) is 28.6. The van der Waals surface area contributed by atoms with Crippen molar-refractivity contribution >= 4 is 5.90 Å². The lowest BCUT2D eigenvalue weighted by molar-refractivity contribution is -0.288. The molecule has 0 radical (unpaired) electrons. The summed E-state index contributed by atoms with van der Waals surface area (Å²) >= 11 is 0. The average Bonchev–Trinajstić information content (AvgIpc) is 3.04. The molecule has 2 aromatic carbocycles. The maximum Gasteiger partial charge on any atom is 0.244 e. The number of hydrogen-bond acceptors (Lipinski definition) is 9. The fourth-order valence-corrected chi connectivity index (χ4v) is 5.08. The molecule has 4 atom stereocenters. The molecule has 4 unspecified atom stereocenters. The van der Waals surface area contributed by atoms with Gasteiger partial charge in [-0.05, 0) is 6.07 Å². The Kier molecular flexibility index (Phi) is 5.36. The Hall–Kier alpha value is -4.26. The first kappa shape index (κ1) is 22.9. The molecule has 4 rings (SSSR count). The monoisotopic (exact) mass is 458 g/mol. The van der Waals surface area contributed by atoms with Gasteiger partial charge in [-0.15, -0.1) is 0 Å². The summed E-state index contributed by atoms with van der Waals surface area (Å²) in [6.07, 6.45) is -1.34. The molecule has 9 heteroatoms. The fourth-order valence-electron chi connectivity index (χ4n) is 5.08. The fraction of sp³-hybridized carbons (Fsp3) is 0.360.